The second-order valence-electron chi connectivity index (χ2n) is 3.18. The van der Waals surface area contributed by atoms with Gasteiger partial charge in [-0.25, -0.2) is 4.39 Å². The average molecular weight is 163 g/mol. The van der Waals surface area contributed by atoms with E-state index in [9.17, 15) is 4.39 Å². The maximum atomic E-state index is 13.2. The summed E-state index contributed by atoms with van der Waals surface area (Å²) in [4.78, 5) is 0. The first-order valence-corrected chi connectivity index (χ1v) is 3.77. The van der Waals surface area contributed by atoms with Crippen molar-refractivity contribution in [3.8, 4) is 0 Å². The molecule has 11 heavy (non-hydrogen) atoms. The van der Waals surface area contributed by atoms with Crippen molar-refractivity contribution in [3.63, 3.8) is 0 Å². The van der Waals surface area contributed by atoms with E-state index in [0.29, 0.717) is 12.8 Å². The molecule has 0 bridgehead atoms. The number of ether oxygens (including phenoxy) is 1. The Bertz CT molecular complexity index is 140. The summed E-state index contributed by atoms with van der Waals surface area (Å²) in [5.74, 6) is 0. The van der Waals surface area contributed by atoms with Gasteiger partial charge in [0.05, 0.1) is 12.7 Å². The Balaban J connectivity index is 2.48. The van der Waals surface area contributed by atoms with Gasteiger partial charge in [0.1, 0.15) is 11.9 Å². The van der Waals surface area contributed by atoms with Gasteiger partial charge in [-0.15, -0.1) is 0 Å². The van der Waals surface area contributed by atoms with Crippen LogP contribution in [0.1, 0.15) is 19.8 Å². The zero-order chi connectivity index (χ0) is 8.48. The van der Waals surface area contributed by atoms with Crippen LogP contribution in [0.4, 0.5) is 4.39 Å². The van der Waals surface area contributed by atoms with Crippen molar-refractivity contribution in [1.82, 2.24) is 0 Å². The van der Waals surface area contributed by atoms with Gasteiger partial charge >= 0.3 is 0 Å². The van der Waals surface area contributed by atoms with Crippen LogP contribution in [0.2, 0.25) is 0 Å². The molecule has 0 amide bonds. The van der Waals surface area contributed by atoms with Crippen molar-refractivity contribution >= 4 is 0 Å². The molecule has 0 aliphatic carbocycles. The number of nitrogens with two attached hydrogens (primary N) is 1. The van der Waals surface area contributed by atoms with E-state index in [-0.39, 0.29) is 12.7 Å². The lowest BCUT2D eigenvalue weighted by Gasteiger charge is -2.36. The highest BCUT2D eigenvalue weighted by atomic mass is 19.1. The Morgan fingerprint density at radius 2 is 2.45 bits per heavy atom. The lowest BCUT2D eigenvalue weighted by Crippen LogP contribution is -2.51. The van der Waals surface area contributed by atoms with E-state index in [1.165, 1.54) is 6.92 Å². The van der Waals surface area contributed by atoms with Crippen molar-refractivity contribution in [1.29, 1.82) is 0 Å². The van der Waals surface area contributed by atoms with Crippen LogP contribution < -0.4 is 5.73 Å². The zero-order valence-electron chi connectivity index (χ0n) is 6.59. The standard InChI is InChI=1S/C7H14FNO2/c1-7(8)3-2-5(4-10)11-6(7)9/h5-6,10H,2-4,9H2,1H3/t5-,6+,7?/m0/s1. The highest BCUT2D eigenvalue weighted by Crippen LogP contribution is 2.29. The third-order valence-electron chi connectivity index (χ3n) is 2.09. The summed E-state index contributed by atoms with van der Waals surface area (Å²) >= 11 is 0. The number of hydrogen-bond acceptors (Lipinski definition) is 3. The van der Waals surface area contributed by atoms with Gasteiger partial charge in [-0.1, -0.05) is 0 Å². The summed E-state index contributed by atoms with van der Waals surface area (Å²) in [6, 6.07) is 0. The molecular weight excluding hydrogens is 149 g/mol. The molecule has 4 heteroatoms. The lowest BCUT2D eigenvalue weighted by atomic mass is 9.95. The summed E-state index contributed by atoms with van der Waals surface area (Å²) < 4.78 is 18.2. The van der Waals surface area contributed by atoms with Gasteiger partial charge in [0.25, 0.3) is 0 Å². The van der Waals surface area contributed by atoms with Crippen molar-refractivity contribution in [2.75, 3.05) is 6.61 Å². The smallest absolute Gasteiger partial charge is 0.147 e. The van der Waals surface area contributed by atoms with Gasteiger partial charge < -0.3 is 15.6 Å². The SMILES string of the molecule is CC1(F)CC[C@@H](CO)O[C@H]1N. The number of aliphatic hydroxyl groups excluding tert-OH is 1. The minimum atomic E-state index is -1.44. The number of rotatable bonds is 1. The molecule has 1 aliphatic heterocycles. The first-order chi connectivity index (χ1) is 5.06. The Labute approximate surface area is 65.3 Å². The predicted octanol–water partition coefficient (Wildman–Crippen LogP) is 0.171. The van der Waals surface area contributed by atoms with E-state index < -0.39 is 11.9 Å². The van der Waals surface area contributed by atoms with Gasteiger partial charge in [0.15, 0.2) is 0 Å². The molecule has 0 aromatic carbocycles. The third kappa shape index (κ3) is 1.89. The molecule has 0 radical (unpaired) electrons. The highest BCUT2D eigenvalue weighted by Gasteiger charge is 2.38. The van der Waals surface area contributed by atoms with Gasteiger partial charge in [0.2, 0.25) is 0 Å². The average Bonchev–Trinajstić information content (AvgIpc) is 1.95. The van der Waals surface area contributed by atoms with Crippen molar-refractivity contribution in [2.45, 2.75) is 37.8 Å². The van der Waals surface area contributed by atoms with Crippen molar-refractivity contribution in [2.24, 2.45) is 5.73 Å². The molecule has 66 valence electrons. The van der Waals surface area contributed by atoms with E-state index >= 15 is 0 Å². The minimum absolute atomic E-state index is 0.0796. The zero-order valence-corrected chi connectivity index (χ0v) is 6.59. The molecule has 3 N–H and O–H groups in total. The fourth-order valence-corrected chi connectivity index (χ4v) is 1.14. The molecule has 0 aromatic heterocycles. The first kappa shape index (κ1) is 8.90. The number of alkyl halides is 1. The monoisotopic (exact) mass is 163 g/mol. The predicted molar refractivity (Wildman–Crippen MR) is 38.7 cm³/mol. The van der Waals surface area contributed by atoms with Crippen LogP contribution in [0.5, 0.6) is 0 Å². The summed E-state index contributed by atoms with van der Waals surface area (Å²) in [6.07, 6.45) is -0.279. The molecule has 0 aromatic rings. The molecule has 3 atom stereocenters. The molecule has 1 heterocycles. The Morgan fingerprint density at radius 1 is 1.82 bits per heavy atom. The largest absolute Gasteiger partial charge is 0.394 e. The topological polar surface area (TPSA) is 55.5 Å². The van der Waals surface area contributed by atoms with Crippen LogP contribution >= 0.6 is 0 Å². The molecule has 1 unspecified atom stereocenters. The van der Waals surface area contributed by atoms with Gasteiger partial charge in [0, 0.05) is 0 Å². The molecule has 1 fully saturated rings. The lowest BCUT2D eigenvalue weighted by molar-refractivity contribution is -0.142. The molecule has 1 rings (SSSR count). The Kier molecular flexibility index (Phi) is 2.47. The van der Waals surface area contributed by atoms with Gasteiger partial charge in [-0.2, -0.15) is 0 Å². The second-order valence-corrected chi connectivity index (χ2v) is 3.18. The number of hydrogen-bond donors (Lipinski definition) is 2. The molecule has 1 aliphatic rings. The van der Waals surface area contributed by atoms with Crippen LogP contribution in [-0.4, -0.2) is 29.7 Å². The summed E-state index contributed by atoms with van der Waals surface area (Å²) in [5.41, 5.74) is 3.93. The Hall–Kier alpha value is -0.190. The van der Waals surface area contributed by atoms with E-state index in [2.05, 4.69) is 0 Å². The Morgan fingerprint density at radius 3 is 2.91 bits per heavy atom. The fraction of sp³-hybridized carbons (Fsp3) is 1.00. The third-order valence-corrected chi connectivity index (χ3v) is 2.09. The maximum Gasteiger partial charge on any atom is 0.147 e. The summed E-state index contributed by atoms with van der Waals surface area (Å²) in [7, 11) is 0. The van der Waals surface area contributed by atoms with Gasteiger partial charge in [-0.3, -0.25) is 0 Å². The van der Waals surface area contributed by atoms with Crippen LogP contribution in [0.25, 0.3) is 0 Å². The van der Waals surface area contributed by atoms with Crippen LogP contribution in [-0.2, 0) is 4.74 Å². The minimum Gasteiger partial charge on any atom is -0.394 e. The van der Waals surface area contributed by atoms with Crippen molar-refractivity contribution in [3.05, 3.63) is 0 Å². The van der Waals surface area contributed by atoms with E-state index in [0.717, 1.165) is 0 Å². The maximum absolute atomic E-state index is 13.2. The second kappa shape index (κ2) is 3.05. The van der Waals surface area contributed by atoms with E-state index in [4.69, 9.17) is 15.6 Å². The van der Waals surface area contributed by atoms with E-state index in [1.54, 1.807) is 0 Å². The quantitative estimate of drug-likeness (QED) is 0.579. The number of halogens is 1. The van der Waals surface area contributed by atoms with Gasteiger partial charge in [-0.05, 0) is 19.8 Å². The summed E-state index contributed by atoms with van der Waals surface area (Å²) in [6.45, 7) is 1.34. The molecule has 0 spiro atoms. The molecular formula is C7H14FNO2. The summed E-state index contributed by atoms with van der Waals surface area (Å²) in [5, 5.41) is 8.68. The first-order valence-electron chi connectivity index (χ1n) is 3.77. The highest BCUT2D eigenvalue weighted by molar-refractivity contribution is 4.85. The van der Waals surface area contributed by atoms with Crippen LogP contribution in [0.3, 0.4) is 0 Å². The molecule has 1 saturated heterocycles. The van der Waals surface area contributed by atoms with E-state index in [1.807, 2.05) is 0 Å². The molecule has 0 saturated carbocycles. The van der Waals surface area contributed by atoms with Crippen LogP contribution in [0.15, 0.2) is 0 Å². The molecule has 3 nitrogen and oxygen atoms in total. The van der Waals surface area contributed by atoms with Crippen LogP contribution in [0, 0.1) is 0 Å². The van der Waals surface area contributed by atoms with Crippen molar-refractivity contribution < 1.29 is 14.2 Å². The normalized spacial score (nSPS) is 45.8. The fourth-order valence-electron chi connectivity index (χ4n) is 1.14. The number of aliphatic hydroxyl groups is 1.